The third-order valence-corrected chi connectivity index (χ3v) is 2.95. The molecule has 2 aromatic rings. The first kappa shape index (κ1) is 11.9. The third kappa shape index (κ3) is 2.63. The third-order valence-electron chi connectivity index (χ3n) is 2.95. The molecule has 1 fully saturated rings. The molecule has 3 N–H and O–H groups in total. The van der Waals surface area contributed by atoms with Crippen LogP contribution in [0.2, 0.25) is 0 Å². The molecule has 0 atom stereocenters. The predicted octanol–water partition coefficient (Wildman–Crippen LogP) is 1.09. The minimum atomic E-state index is -0.285. The quantitative estimate of drug-likeness (QED) is 0.856. The Morgan fingerprint density at radius 1 is 1.47 bits per heavy atom. The van der Waals surface area contributed by atoms with Gasteiger partial charge in [0.05, 0.1) is 0 Å². The van der Waals surface area contributed by atoms with Crippen LogP contribution in [0.4, 0.5) is 0 Å². The molecule has 1 aromatic heterocycles. The SMILES string of the molecule is NCc1cccc(-c2nc(C(=O)NC3CC3)no2)c1. The summed E-state index contributed by atoms with van der Waals surface area (Å²) in [7, 11) is 0. The lowest BCUT2D eigenvalue weighted by atomic mass is 10.1. The van der Waals surface area contributed by atoms with Crippen LogP contribution in [0.5, 0.6) is 0 Å². The van der Waals surface area contributed by atoms with Gasteiger partial charge >= 0.3 is 0 Å². The van der Waals surface area contributed by atoms with Crippen molar-refractivity contribution < 1.29 is 9.32 Å². The number of nitrogens with two attached hydrogens (primary N) is 1. The van der Waals surface area contributed by atoms with Crippen LogP contribution >= 0.6 is 0 Å². The van der Waals surface area contributed by atoms with Crippen molar-refractivity contribution in [1.82, 2.24) is 15.5 Å². The van der Waals surface area contributed by atoms with Crippen LogP contribution in [0.25, 0.3) is 11.5 Å². The highest BCUT2D eigenvalue weighted by atomic mass is 16.5. The maximum absolute atomic E-state index is 11.7. The van der Waals surface area contributed by atoms with Crippen molar-refractivity contribution in [1.29, 1.82) is 0 Å². The molecule has 3 rings (SSSR count). The normalized spacial score (nSPS) is 14.4. The summed E-state index contributed by atoms with van der Waals surface area (Å²) in [5.41, 5.74) is 7.32. The molecule has 0 saturated heterocycles. The average Bonchev–Trinajstić information content (AvgIpc) is 3.11. The summed E-state index contributed by atoms with van der Waals surface area (Å²) >= 11 is 0. The maximum atomic E-state index is 11.7. The first-order valence-corrected chi connectivity index (χ1v) is 6.20. The van der Waals surface area contributed by atoms with Crippen molar-refractivity contribution in [3.05, 3.63) is 35.7 Å². The van der Waals surface area contributed by atoms with Crippen LogP contribution in [0, 0.1) is 0 Å². The summed E-state index contributed by atoms with van der Waals surface area (Å²) < 4.78 is 5.11. The highest BCUT2D eigenvalue weighted by molar-refractivity contribution is 5.91. The van der Waals surface area contributed by atoms with Crippen LogP contribution in [0.1, 0.15) is 29.0 Å². The zero-order chi connectivity index (χ0) is 13.2. The van der Waals surface area contributed by atoms with Crippen molar-refractivity contribution in [2.45, 2.75) is 25.4 Å². The standard InChI is InChI=1S/C13H14N4O2/c14-7-8-2-1-3-9(6-8)13-16-11(17-19-13)12(18)15-10-4-5-10/h1-3,6,10H,4-5,7,14H2,(H,15,18). The fraction of sp³-hybridized carbons (Fsp3) is 0.308. The average molecular weight is 258 g/mol. The molecule has 0 radical (unpaired) electrons. The molecule has 98 valence electrons. The Morgan fingerprint density at radius 2 is 2.32 bits per heavy atom. The molecule has 0 bridgehead atoms. The van der Waals surface area contributed by atoms with Gasteiger partial charge in [0.15, 0.2) is 0 Å². The van der Waals surface area contributed by atoms with Crippen LogP contribution in [0.3, 0.4) is 0 Å². The van der Waals surface area contributed by atoms with Gasteiger partial charge in [-0.05, 0) is 30.5 Å². The Balaban J connectivity index is 1.81. The van der Waals surface area contributed by atoms with E-state index < -0.39 is 0 Å². The minimum Gasteiger partial charge on any atom is -0.346 e. The molecule has 1 amide bonds. The van der Waals surface area contributed by atoms with E-state index >= 15 is 0 Å². The number of aromatic nitrogens is 2. The van der Waals surface area contributed by atoms with E-state index in [0.29, 0.717) is 12.4 Å². The highest BCUT2D eigenvalue weighted by Crippen LogP contribution is 2.20. The molecule has 6 heteroatoms. The summed E-state index contributed by atoms with van der Waals surface area (Å²) in [6.45, 7) is 0.441. The molecular formula is C13H14N4O2. The van der Waals surface area contributed by atoms with Crippen molar-refractivity contribution >= 4 is 5.91 Å². The van der Waals surface area contributed by atoms with E-state index in [0.717, 1.165) is 24.0 Å². The number of nitrogens with zero attached hydrogens (tertiary/aromatic N) is 2. The summed E-state index contributed by atoms with van der Waals surface area (Å²) in [6.07, 6.45) is 2.05. The molecule has 1 aliphatic rings. The zero-order valence-electron chi connectivity index (χ0n) is 10.3. The number of benzene rings is 1. The first-order chi connectivity index (χ1) is 9.26. The molecule has 1 saturated carbocycles. The van der Waals surface area contributed by atoms with Crippen molar-refractivity contribution in [2.24, 2.45) is 5.73 Å². The van der Waals surface area contributed by atoms with Crippen LogP contribution in [0.15, 0.2) is 28.8 Å². The Morgan fingerprint density at radius 3 is 3.05 bits per heavy atom. The van der Waals surface area contributed by atoms with Crippen molar-refractivity contribution in [2.75, 3.05) is 0 Å². The monoisotopic (exact) mass is 258 g/mol. The second-order valence-electron chi connectivity index (χ2n) is 4.58. The largest absolute Gasteiger partial charge is 0.346 e. The summed E-state index contributed by atoms with van der Waals surface area (Å²) in [4.78, 5) is 15.9. The van der Waals surface area contributed by atoms with Gasteiger partial charge in [-0.3, -0.25) is 4.79 Å². The number of nitrogens with one attached hydrogen (secondary N) is 1. The van der Waals surface area contributed by atoms with Crippen LogP contribution in [-0.4, -0.2) is 22.1 Å². The smallest absolute Gasteiger partial charge is 0.292 e. The van der Waals surface area contributed by atoms with E-state index in [9.17, 15) is 4.79 Å². The molecule has 0 unspecified atom stereocenters. The minimum absolute atomic E-state index is 0.0695. The van der Waals surface area contributed by atoms with Gasteiger partial charge in [0.25, 0.3) is 17.6 Å². The van der Waals surface area contributed by atoms with Gasteiger partial charge in [-0.25, -0.2) is 0 Å². The predicted molar refractivity (Wildman–Crippen MR) is 68.1 cm³/mol. The number of rotatable bonds is 4. The number of amides is 1. The Labute approximate surface area is 110 Å². The fourth-order valence-electron chi connectivity index (χ4n) is 1.74. The lowest BCUT2D eigenvalue weighted by Crippen LogP contribution is -2.26. The van der Waals surface area contributed by atoms with Gasteiger partial charge < -0.3 is 15.6 Å². The van der Waals surface area contributed by atoms with Crippen LogP contribution < -0.4 is 11.1 Å². The summed E-state index contributed by atoms with van der Waals surface area (Å²) in [5, 5.41) is 6.51. The molecule has 0 aliphatic heterocycles. The fourth-order valence-corrected chi connectivity index (χ4v) is 1.74. The molecular weight excluding hydrogens is 244 g/mol. The van der Waals surface area contributed by atoms with Gasteiger partial charge in [0.1, 0.15) is 0 Å². The Hall–Kier alpha value is -2.21. The van der Waals surface area contributed by atoms with Crippen molar-refractivity contribution in [3.63, 3.8) is 0 Å². The number of carbonyl (C=O) groups is 1. The molecule has 1 heterocycles. The number of hydrogen-bond donors (Lipinski definition) is 2. The van der Waals surface area contributed by atoms with Gasteiger partial charge in [0, 0.05) is 18.2 Å². The number of carbonyl (C=O) groups excluding carboxylic acids is 1. The molecule has 6 nitrogen and oxygen atoms in total. The lowest BCUT2D eigenvalue weighted by molar-refractivity contribution is 0.0937. The van der Waals surface area contributed by atoms with E-state index in [4.69, 9.17) is 10.3 Å². The van der Waals surface area contributed by atoms with E-state index in [1.165, 1.54) is 0 Å². The van der Waals surface area contributed by atoms with E-state index in [1.807, 2.05) is 24.3 Å². The van der Waals surface area contributed by atoms with Gasteiger partial charge in [-0.2, -0.15) is 4.98 Å². The molecule has 0 spiro atoms. The summed E-state index contributed by atoms with van der Waals surface area (Å²) in [5.74, 6) is 0.115. The Bertz CT molecular complexity index is 604. The zero-order valence-corrected chi connectivity index (χ0v) is 10.3. The molecule has 1 aromatic carbocycles. The second-order valence-corrected chi connectivity index (χ2v) is 4.58. The van der Waals surface area contributed by atoms with Gasteiger partial charge in [-0.1, -0.05) is 17.3 Å². The van der Waals surface area contributed by atoms with Crippen molar-refractivity contribution in [3.8, 4) is 11.5 Å². The maximum Gasteiger partial charge on any atom is 0.292 e. The Kier molecular flexibility index (Phi) is 3.00. The van der Waals surface area contributed by atoms with E-state index in [2.05, 4.69) is 15.5 Å². The van der Waals surface area contributed by atoms with Crippen LogP contribution in [-0.2, 0) is 6.54 Å². The van der Waals surface area contributed by atoms with Gasteiger partial charge in [0.2, 0.25) is 0 Å². The highest BCUT2D eigenvalue weighted by Gasteiger charge is 2.26. The number of hydrogen-bond acceptors (Lipinski definition) is 5. The lowest BCUT2D eigenvalue weighted by Gasteiger charge is -1.98. The first-order valence-electron chi connectivity index (χ1n) is 6.20. The van der Waals surface area contributed by atoms with E-state index in [-0.39, 0.29) is 17.8 Å². The second kappa shape index (κ2) is 4.81. The van der Waals surface area contributed by atoms with E-state index in [1.54, 1.807) is 0 Å². The summed E-state index contributed by atoms with van der Waals surface area (Å²) in [6, 6.07) is 7.77. The molecule has 1 aliphatic carbocycles. The molecule has 19 heavy (non-hydrogen) atoms. The van der Waals surface area contributed by atoms with Gasteiger partial charge in [-0.15, -0.1) is 0 Å². The topological polar surface area (TPSA) is 94.0 Å².